The average Bonchev–Trinajstić information content (AvgIpc) is 2.79. The molecule has 0 bridgehead atoms. The van der Waals surface area contributed by atoms with Gasteiger partial charge in [-0.1, -0.05) is 30.3 Å². The molecule has 2 amide bonds. The third-order valence-electron chi connectivity index (χ3n) is 4.45. The maximum atomic E-state index is 12.7. The lowest BCUT2D eigenvalue weighted by atomic mass is 10.2. The summed E-state index contributed by atoms with van der Waals surface area (Å²) in [5.74, 6) is 2.11. The van der Waals surface area contributed by atoms with E-state index < -0.39 is 6.04 Å². The molecule has 0 spiro atoms. The van der Waals surface area contributed by atoms with Gasteiger partial charge in [-0.2, -0.15) is 11.8 Å². The van der Waals surface area contributed by atoms with E-state index in [9.17, 15) is 9.59 Å². The van der Waals surface area contributed by atoms with Crippen LogP contribution >= 0.6 is 11.8 Å². The number of thioether (sulfide) groups is 1. The SMILES string of the molecule is CSCC[C@H](NC(=O)COc1ccccc1)C(=O)NC[C@@H]1COc2ccccc2O1. The second kappa shape index (κ2) is 11.3. The van der Waals surface area contributed by atoms with Gasteiger partial charge in [-0.05, 0) is 42.7 Å². The minimum Gasteiger partial charge on any atom is -0.486 e. The van der Waals surface area contributed by atoms with Gasteiger partial charge < -0.3 is 24.8 Å². The number of para-hydroxylation sites is 3. The lowest BCUT2D eigenvalue weighted by Crippen LogP contribution is -2.51. The molecule has 0 fully saturated rings. The number of benzene rings is 2. The number of hydrogen-bond acceptors (Lipinski definition) is 6. The van der Waals surface area contributed by atoms with Crippen LogP contribution in [-0.4, -0.2) is 55.7 Å². The molecule has 2 aromatic carbocycles. The smallest absolute Gasteiger partial charge is 0.258 e. The second-order valence-corrected chi connectivity index (χ2v) is 7.73. The number of fused-ring (bicyclic) bond motifs is 1. The van der Waals surface area contributed by atoms with Crippen LogP contribution in [-0.2, 0) is 9.59 Å². The molecule has 1 aliphatic heterocycles. The monoisotopic (exact) mass is 430 g/mol. The first kappa shape index (κ1) is 21.8. The Kier molecular flexibility index (Phi) is 8.26. The van der Waals surface area contributed by atoms with Crippen LogP contribution in [0.3, 0.4) is 0 Å². The number of nitrogens with one attached hydrogen (secondary N) is 2. The van der Waals surface area contributed by atoms with Crippen molar-refractivity contribution in [1.29, 1.82) is 0 Å². The molecule has 0 unspecified atom stereocenters. The Bertz CT molecular complexity index is 833. The Morgan fingerprint density at radius 2 is 1.87 bits per heavy atom. The van der Waals surface area contributed by atoms with Crippen molar-refractivity contribution < 1.29 is 23.8 Å². The van der Waals surface area contributed by atoms with Crippen LogP contribution < -0.4 is 24.8 Å². The van der Waals surface area contributed by atoms with Crippen molar-refractivity contribution in [3.05, 3.63) is 54.6 Å². The van der Waals surface area contributed by atoms with E-state index in [2.05, 4.69) is 10.6 Å². The van der Waals surface area contributed by atoms with E-state index in [1.165, 1.54) is 0 Å². The molecule has 0 radical (unpaired) electrons. The van der Waals surface area contributed by atoms with E-state index >= 15 is 0 Å². The minimum absolute atomic E-state index is 0.149. The lowest BCUT2D eigenvalue weighted by molar-refractivity contribution is -0.130. The van der Waals surface area contributed by atoms with Gasteiger partial charge in [0.05, 0.1) is 6.54 Å². The molecular formula is C22H26N2O5S. The topological polar surface area (TPSA) is 85.9 Å². The fraction of sp³-hybridized carbons (Fsp3) is 0.364. The van der Waals surface area contributed by atoms with Crippen molar-refractivity contribution in [2.45, 2.75) is 18.6 Å². The van der Waals surface area contributed by atoms with Crippen LogP contribution in [0.15, 0.2) is 54.6 Å². The zero-order valence-electron chi connectivity index (χ0n) is 16.8. The molecule has 1 heterocycles. The molecule has 3 rings (SSSR count). The Labute approximate surface area is 180 Å². The quantitative estimate of drug-likeness (QED) is 0.601. The highest BCUT2D eigenvalue weighted by Crippen LogP contribution is 2.30. The normalized spacial score (nSPS) is 15.7. The molecule has 30 heavy (non-hydrogen) atoms. The van der Waals surface area contributed by atoms with Crippen LogP contribution in [0.1, 0.15) is 6.42 Å². The summed E-state index contributed by atoms with van der Waals surface area (Å²) >= 11 is 1.62. The molecule has 0 aliphatic carbocycles. The number of rotatable bonds is 10. The van der Waals surface area contributed by atoms with Gasteiger partial charge in [0.25, 0.3) is 5.91 Å². The van der Waals surface area contributed by atoms with Gasteiger partial charge in [0.1, 0.15) is 24.5 Å². The largest absolute Gasteiger partial charge is 0.486 e. The highest BCUT2D eigenvalue weighted by Gasteiger charge is 2.24. The van der Waals surface area contributed by atoms with Gasteiger partial charge in [-0.3, -0.25) is 9.59 Å². The first-order valence-corrected chi connectivity index (χ1v) is 11.2. The Morgan fingerprint density at radius 3 is 2.63 bits per heavy atom. The summed E-state index contributed by atoms with van der Waals surface area (Å²) in [5, 5.41) is 5.63. The average molecular weight is 431 g/mol. The van der Waals surface area contributed by atoms with Gasteiger partial charge in [0, 0.05) is 0 Å². The number of amides is 2. The van der Waals surface area contributed by atoms with E-state index in [-0.39, 0.29) is 24.5 Å². The van der Waals surface area contributed by atoms with E-state index in [4.69, 9.17) is 14.2 Å². The fourth-order valence-corrected chi connectivity index (χ4v) is 3.38. The Hall–Kier alpha value is -2.87. The highest BCUT2D eigenvalue weighted by atomic mass is 32.2. The molecule has 7 nitrogen and oxygen atoms in total. The molecule has 2 N–H and O–H groups in total. The van der Waals surface area contributed by atoms with Crippen molar-refractivity contribution in [3.8, 4) is 17.2 Å². The fourth-order valence-electron chi connectivity index (χ4n) is 2.91. The summed E-state index contributed by atoms with van der Waals surface area (Å²) in [4.78, 5) is 24.9. The van der Waals surface area contributed by atoms with Crippen LogP contribution in [0.5, 0.6) is 17.2 Å². The molecule has 0 saturated carbocycles. The first-order valence-electron chi connectivity index (χ1n) is 9.78. The maximum absolute atomic E-state index is 12.7. The number of ether oxygens (including phenoxy) is 3. The summed E-state index contributed by atoms with van der Waals surface area (Å²) < 4.78 is 17.0. The standard InChI is InChI=1S/C22H26N2O5S/c1-30-12-11-18(24-21(25)15-27-16-7-3-2-4-8-16)22(26)23-13-17-14-28-19-9-5-6-10-20(19)29-17/h2-10,17-18H,11-15H2,1H3,(H,23,26)(H,24,25)/t17-,18+/m1/s1. The first-order chi connectivity index (χ1) is 14.7. The van der Waals surface area contributed by atoms with Gasteiger partial charge in [-0.15, -0.1) is 0 Å². The Morgan fingerprint density at radius 1 is 1.13 bits per heavy atom. The zero-order valence-corrected chi connectivity index (χ0v) is 17.7. The predicted octanol–water partition coefficient (Wildman–Crippen LogP) is 2.26. The zero-order chi connectivity index (χ0) is 21.2. The Balaban J connectivity index is 1.47. The highest BCUT2D eigenvalue weighted by molar-refractivity contribution is 7.98. The molecular weight excluding hydrogens is 404 g/mol. The third-order valence-corrected chi connectivity index (χ3v) is 5.09. The summed E-state index contributed by atoms with van der Waals surface area (Å²) in [6.07, 6.45) is 2.19. The molecule has 160 valence electrons. The molecule has 0 aromatic heterocycles. The summed E-state index contributed by atoms with van der Waals surface area (Å²) in [7, 11) is 0. The van der Waals surface area contributed by atoms with Crippen molar-refractivity contribution >= 4 is 23.6 Å². The number of hydrogen-bond donors (Lipinski definition) is 2. The van der Waals surface area contributed by atoms with Gasteiger partial charge in [-0.25, -0.2) is 0 Å². The summed E-state index contributed by atoms with van der Waals surface area (Å²) in [5.41, 5.74) is 0. The predicted molar refractivity (Wildman–Crippen MR) is 116 cm³/mol. The lowest BCUT2D eigenvalue weighted by Gasteiger charge is -2.27. The van der Waals surface area contributed by atoms with Crippen molar-refractivity contribution in [1.82, 2.24) is 10.6 Å². The molecule has 8 heteroatoms. The number of carbonyl (C=O) groups excluding carboxylic acids is 2. The van der Waals surface area contributed by atoms with Gasteiger partial charge in [0.15, 0.2) is 18.1 Å². The van der Waals surface area contributed by atoms with E-state index in [1.54, 1.807) is 23.9 Å². The minimum atomic E-state index is -0.638. The summed E-state index contributed by atoms with van der Waals surface area (Å²) in [6, 6.07) is 15.9. The van der Waals surface area contributed by atoms with Crippen LogP contribution in [0, 0.1) is 0 Å². The molecule has 2 atom stereocenters. The van der Waals surface area contributed by atoms with Crippen LogP contribution in [0.2, 0.25) is 0 Å². The summed E-state index contributed by atoms with van der Waals surface area (Å²) in [6.45, 7) is 0.493. The van der Waals surface area contributed by atoms with Crippen molar-refractivity contribution in [2.24, 2.45) is 0 Å². The van der Waals surface area contributed by atoms with Crippen molar-refractivity contribution in [2.75, 3.05) is 31.8 Å². The number of carbonyl (C=O) groups is 2. The maximum Gasteiger partial charge on any atom is 0.258 e. The molecule has 1 aliphatic rings. The second-order valence-electron chi connectivity index (χ2n) is 6.75. The van der Waals surface area contributed by atoms with Crippen LogP contribution in [0.25, 0.3) is 0 Å². The van der Waals surface area contributed by atoms with E-state index in [1.807, 2.05) is 48.7 Å². The van der Waals surface area contributed by atoms with Gasteiger partial charge in [0.2, 0.25) is 5.91 Å². The molecule has 0 saturated heterocycles. The van der Waals surface area contributed by atoms with Gasteiger partial charge >= 0.3 is 0 Å². The van der Waals surface area contributed by atoms with Crippen LogP contribution in [0.4, 0.5) is 0 Å². The van der Waals surface area contributed by atoms with E-state index in [0.717, 1.165) is 5.75 Å². The van der Waals surface area contributed by atoms with Crippen molar-refractivity contribution in [3.63, 3.8) is 0 Å². The van der Waals surface area contributed by atoms with E-state index in [0.29, 0.717) is 36.8 Å². The third kappa shape index (κ3) is 6.59. The molecule has 2 aromatic rings.